The highest BCUT2D eigenvalue weighted by atomic mass is 31.2. The van der Waals surface area contributed by atoms with Crippen molar-refractivity contribution in [2.24, 2.45) is 0 Å². The van der Waals surface area contributed by atoms with Crippen molar-refractivity contribution in [3.8, 4) is 40.1 Å². The lowest BCUT2D eigenvalue weighted by Crippen LogP contribution is -2.10. The van der Waals surface area contributed by atoms with E-state index in [0.29, 0.717) is 12.8 Å². The topological polar surface area (TPSA) is 167 Å². The van der Waals surface area contributed by atoms with Gasteiger partial charge in [0.2, 0.25) is 11.2 Å². The number of rotatable bonds is 7. The molecule has 0 saturated heterocycles. The van der Waals surface area contributed by atoms with Crippen molar-refractivity contribution in [2.45, 2.75) is 32.3 Å². The van der Waals surface area contributed by atoms with E-state index in [9.17, 15) is 34.7 Å². The van der Waals surface area contributed by atoms with Crippen molar-refractivity contribution in [3.63, 3.8) is 0 Å². The minimum absolute atomic E-state index is 0.0717. The van der Waals surface area contributed by atoms with Gasteiger partial charge >= 0.3 is 7.60 Å². The van der Waals surface area contributed by atoms with E-state index >= 15 is 0 Å². The molecular formula is C20H21O10P. The Bertz CT molecular complexity index is 1230. The van der Waals surface area contributed by atoms with Crippen molar-refractivity contribution in [1.29, 1.82) is 0 Å². The molecule has 2 aromatic carbocycles. The third kappa shape index (κ3) is 4.32. The number of aromatic hydroxyl groups is 4. The standard InChI is InChI=1S/C20H21O10P/c1-3-12(4-2)31(26,27)30-29-11-8-15(23)17-16(9-11)28-20(19(25)18(17)24)10-5-6-13(21)14(22)7-10/h5-9,12,21-23,25H,3-4H2,1-2H3,(H,26,27). The number of phenolic OH excluding ortho intramolecular Hbond substituents is 3. The Balaban J connectivity index is 2.06. The summed E-state index contributed by atoms with van der Waals surface area (Å²) < 4.78 is 22.5. The maximum Gasteiger partial charge on any atom is 0.369 e. The van der Waals surface area contributed by atoms with Crippen LogP contribution in [0.5, 0.6) is 28.7 Å². The summed E-state index contributed by atoms with van der Waals surface area (Å²) in [6, 6.07) is 5.60. The molecule has 0 spiro atoms. The Hall–Kier alpha value is -3.20. The first-order valence-corrected chi connectivity index (χ1v) is 11.0. The zero-order chi connectivity index (χ0) is 22.9. The smallest absolute Gasteiger partial charge is 0.369 e. The highest BCUT2D eigenvalue weighted by molar-refractivity contribution is 7.53. The number of benzene rings is 2. The molecule has 0 aliphatic rings. The van der Waals surface area contributed by atoms with Crippen LogP contribution in [0.2, 0.25) is 0 Å². The van der Waals surface area contributed by atoms with E-state index in [1.54, 1.807) is 13.8 Å². The number of fused-ring (bicyclic) bond motifs is 1. The van der Waals surface area contributed by atoms with E-state index < -0.39 is 41.7 Å². The molecule has 0 amide bonds. The van der Waals surface area contributed by atoms with Crippen LogP contribution in [0.25, 0.3) is 22.3 Å². The van der Waals surface area contributed by atoms with Gasteiger partial charge in [-0.3, -0.25) is 9.36 Å². The molecule has 31 heavy (non-hydrogen) atoms. The Morgan fingerprint density at radius 2 is 1.68 bits per heavy atom. The molecule has 11 heteroatoms. The fourth-order valence-corrected chi connectivity index (χ4v) is 4.32. The number of hydrogen-bond donors (Lipinski definition) is 5. The van der Waals surface area contributed by atoms with E-state index in [1.165, 1.54) is 6.07 Å². The molecule has 5 N–H and O–H groups in total. The fraction of sp³-hybridized carbons (Fsp3) is 0.250. The predicted molar refractivity (Wildman–Crippen MR) is 110 cm³/mol. The number of phenols is 3. The minimum atomic E-state index is -4.12. The van der Waals surface area contributed by atoms with Crippen molar-refractivity contribution in [1.82, 2.24) is 0 Å². The zero-order valence-corrected chi connectivity index (χ0v) is 17.5. The van der Waals surface area contributed by atoms with E-state index in [2.05, 4.69) is 0 Å². The van der Waals surface area contributed by atoms with Crippen molar-refractivity contribution < 1.29 is 43.9 Å². The molecular weight excluding hydrogens is 431 g/mol. The average Bonchev–Trinajstić information content (AvgIpc) is 2.71. The largest absolute Gasteiger partial charge is 0.507 e. The molecule has 0 bridgehead atoms. The molecule has 1 unspecified atom stereocenters. The van der Waals surface area contributed by atoms with Crippen molar-refractivity contribution in [3.05, 3.63) is 40.6 Å². The molecule has 0 saturated carbocycles. The summed E-state index contributed by atoms with van der Waals surface area (Å²) in [5.74, 6) is -2.92. The second kappa shape index (κ2) is 8.50. The van der Waals surface area contributed by atoms with Gasteiger partial charge < -0.3 is 34.6 Å². The SMILES string of the molecule is CCC(CC)P(=O)(O)OOc1cc(O)c2c(=O)c(O)c(-c3ccc(O)c(O)c3)oc2c1. The van der Waals surface area contributed by atoms with Gasteiger partial charge in [0.15, 0.2) is 23.0 Å². The van der Waals surface area contributed by atoms with Crippen LogP contribution < -0.4 is 10.3 Å². The molecule has 0 aliphatic heterocycles. The molecule has 166 valence electrons. The Labute approximate surface area is 176 Å². The van der Waals surface area contributed by atoms with Gasteiger partial charge in [0.1, 0.15) is 16.7 Å². The van der Waals surface area contributed by atoms with Crippen LogP contribution in [0.4, 0.5) is 0 Å². The summed E-state index contributed by atoms with van der Waals surface area (Å²) in [4.78, 5) is 27.5. The van der Waals surface area contributed by atoms with Gasteiger partial charge in [-0.25, -0.2) is 0 Å². The summed E-state index contributed by atoms with van der Waals surface area (Å²) in [5, 5.41) is 39.2. The molecule has 0 fully saturated rings. The molecule has 0 radical (unpaired) electrons. The Morgan fingerprint density at radius 3 is 2.29 bits per heavy atom. The van der Waals surface area contributed by atoms with Gasteiger partial charge in [0, 0.05) is 17.7 Å². The Kier molecular flexibility index (Phi) is 6.17. The lowest BCUT2D eigenvalue weighted by atomic mass is 10.1. The van der Waals surface area contributed by atoms with Crippen LogP contribution in [0, 0.1) is 0 Å². The van der Waals surface area contributed by atoms with Crippen molar-refractivity contribution >= 4 is 18.6 Å². The van der Waals surface area contributed by atoms with Crippen LogP contribution in [-0.2, 0) is 9.24 Å². The van der Waals surface area contributed by atoms with Crippen LogP contribution in [0.1, 0.15) is 26.7 Å². The van der Waals surface area contributed by atoms with Gasteiger partial charge in [-0.1, -0.05) is 18.5 Å². The normalized spacial score (nSPS) is 13.4. The summed E-state index contributed by atoms with van der Waals surface area (Å²) in [7, 11) is -4.12. The highest BCUT2D eigenvalue weighted by Gasteiger charge is 2.32. The molecule has 3 aromatic rings. The molecule has 0 aliphatic carbocycles. The lowest BCUT2D eigenvalue weighted by Gasteiger charge is -2.18. The van der Waals surface area contributed by atoms with Gasteiger partial charge in [0.05, 0.1) is 5.66 Å². The first kappa shape index (κ1) is 22.5. The number of hydrogen-bond acceptors (Lipinski definition) is 9. The zero-order valence-electron chi connectivity index (χ0n) is 16.6. The van der Waals surface area contributed by atoms with Gasteiger partial charge in [-0.2, -0.15) is 0 Å². The van der Waals surface area contributed by atoms with Gasteiger partial charge in [-0.15, -0.1) is 0 Å². The quantitative estimate of drug-likeness (QED) is 0.153. The predicted octanol–water partition coefficient (Wildman–Crippen LogP) is 3.97. The van der Waals surface area contributed by atoms with E-state index in [1.807, 2.05) is 0 Å². The lowest BCUT2D eigenvalue weighted by molar-refractivity contribution is -0.111. The summed E-state index contributed by atoms with van der Waals surface area (Å²) >= 11 is 0. The second-order valence-corrected chi connectivity index (χ2v) is 8.83. The maximum atomic E-state index is 12.6. The first-order valence-electron chi connectivity index (χ1n) is 9.32. The van der Waals surface area contributed by atoms with Crippen LogP contribution in [0.3, 0.4) is 0 Å². The van der Waals surface area contributed by atoms with E-state index in [4.69, 9.17) is 14.0 Å². The molecule has 1 heterocycles. The average molecular weight is 452 g/mol. The second-order valence-electron chi connectivity index (χ2n) is 6.82. The third-order valence-corrected chi connectivity index (χ3v) is 6.75. The first-order chi connectivity index (χ1) is 14.6. The van der Waals surface area contributed by atoms with Crippen LogP contribution in [0.15, 0.2) is 39.5 Å². The maximum absolute atomic E-state index is 12.6. The summed E-state index contributed by atoms with van der Waals surface area (Å²) in [5.41, 5.74) is -1.76. The monoisotopic (exact) mass is 452 g/mol. The summed E-state index contributed by atoms with van der Waals surface area (Å²) in [6.07, 6.45) is 0.765. The molecule has 10 nitrogen and oxygen atoms in total. The third-order valence-electron chi connectivity index (χ3n) is 4.81. The van der Waals surface area contributed by atoms with Crippen LogP contribution in [-0.4, -0.2) is 31.0 Å². The molecule has 1 atom stereocenters. The highest BCUT2D eigenvalue weighted by Crippen LogP contribution is 2.50. The Morgan fingerprint density at radius 1 is 1.00 bits per heavy atom. The van der Waals surface area contributed by atoms with E-state index in [0.717, 1.165) is 24.3 Å². The van der Waals surface area contributed by atoms with E-state index in [-0.39, 0.29) is 28.0 Å². The molecule has 3 rings (SSSR count). The molecule has 1 aromatic heterocycles. The van der Waals surface area contributed by atoms with Crippen molar-refractivity contribution in [2.75, 3.05) is 0 Å². The van der Waals surface area contributed by atoms with Crippen LogP contribution >= 0.6 is 7.60 Å². The summed E-state index contributed by atoms with van der Waals surface area (Å²) in [6.45, 7) is 3.46. The van der Waals surface area contributed by atoms with Gasteiger partial charge in [-0.05, 0) is 31.0 Å². The minimum Gasteiger partial charge on any atom is -0.507 e. The van der Waals surface area contributed by atoms with Gasteiger partial charge in [0.25, 0.3) is 0 Å². The fourth-order valence-electron chi connectivity index (χ4n) is 3.08.